The van der Waals surface area contributed by atoms with Crippen molar-refractivity contribution in [3.05, 3.63) is 0 Å². The first-order valence-corrected chi connectivity index (χ1v) is 12.2. The highest BCUT2D eigenvalue weighted by Gasteiger charge is 2.19. The Kier molecular flexibility index (Phi) is 12.7. The van der Waals surface area contributed by atoms with Crippen LogP contribution in [0.1, 0.15) is 117 Å². The minimum absolute atomic E-state index is 0.481. The van der Waals surface area contributed by atoms with Gasteiger partial charge < -0.3 is 14.2 Å². The third-order valence-electron chi connectivity index (χ3n) is 6.30. The Morgan fingerprint density at radius 1 is 0.667 bits per heavy atom. The molecule has 0 spiro atoms. The molecule has 0 N–H and O–H groups in total. The van der Waals surface area contributed by atoms with Crippen molar-refractivity contribution in [2.45, 2.75) is 141 Å². The first-order valence-electron chi connectivity index (χ1n) is 12.2. The number of rotatable bonds is 18. The van der Waals surface area contributed by atoms with Crippen LogP contribution in [0, 0.1) is 0 Å². The van der Waals surface area contributed by atoms with Crippen LogP contribution in [0.3, 0.4) is 0 Å². The van der Waals surface area contributed by atoms with Crippen LogP contribution in [0.5, 0.6) is 0 Å². The molecule has 0 aliphatic carbocycles. The summed E-state index contributed by atoms with van der Waals surface area (Å²) < 4.78 is 17.6. The van der Waals surface area contributed by atoms with Gasteiger partial charge >= 0.3 is 0 Å². The highest BCUT2D eigenvalue weighted by Crippen LogP contribution is 2.23. The van der Waals surface area contributed by atoms with Crippen LogP contribution in [-0.4, -0.2) is 37.6 Å². The first kappa shape index (κ1) is 23.2. The summed E-state index contributed by atoms with van der Waals surface area (Å²) in [6, 6.07) is 0. The summed E-state index contributed by atoms with van der Waals surface area (Å²) in [6.45, 7) is 6.57. The van der Waals surface area contributed by atoms with Gasteiger partial charge in [0.25, 0.3) is 0 Å². The highest BCUT2D eigenvalue weighted by atomic mass is 16.5. The molecule has 0 amide bonds. The molecule has 2 aliphatic rings. The summed E-state index contributed by atoms with van der Waals surface area (Å²) in [5.74, 6) is 0. The predicted molar refractivity (Wildman–Crippen MR) is 113 cm³/mol. The maximum atomic E-state index is 6.60. The normalized spacial score (nSPS) is 24.2. The van der Waals surface area contributed by atoms with Crippen molar-refractivity contribution < 1.29 is 14.2 Å². The molecule has 0 aromatic rings. The Balaban J connectivity index is 1.54. The lowest BCUT2D eigenvalue weighted by Gasteiger charge is -2.27. The molecule has 2 aliphatic heterocycles. The molecule has 160 valence electrons. The quantitative estimate of drug-likeness (QED) is 0.243. The van der Waals surface area contributed by atoms with E-state index >= 15 is 0 Å². The van der Waals surface area contributed by atoms with Gasteiger partial charge in [-0.1, -0.05) is 65.2 Å². The van der Waals surface area contributed by atoms with E-state index in [9.17, 15) is 0 Å². The predicted octanol–water partition coefficient (Wildman–Crippen LogP) is 6.82. The molecule has 0 radical (unpaired) electrons. The van der Waals surface area contributed by atoms with Gasteiger partial charge in [0.05, 0.1) is 24.4 Å². The van der Waals surface area contributed by atoms with Gasteiger partial charge in [0.1, 0.15) is 0 Å². The van der Waals surface area contributed by atoms with E-state index in [2.05, 4.69) is 13.8 Å². The van der Waals surface area contributed by atoms with Gasteiger partial charge in [0.15, 0.2) is 0 Å². The summed E-state index contributed by atoms with van der Waals surface area (Å²) in [6.07, 6.45) is 22.6. The molecule has 27 heavy (non-hydrogen) atoms. The summed E-state index contributed by atoms with van der Waals surface area (Å²) in [5.41, 5.74) is 0. The van der Waals surface area contributed by atoms with E-state index in [1.54, 1.807) is 0 Å². The third kappa shape index (κ3) is 10.3. The molecule has 4 atom stereocenters. The van der Waals surface area contributed by atoms with Gasteiger partial charge in [0, 0.05) is 13.2 Å². The second-order valence-corrected chi connectivity index (χ2v) is 8.80. The Hall–Kier alpha value is -0.120. The molecular weight excluding hydrogens is 336 g/mol. The van der Waals surface area contributed by atoms with E-state index in [1.165, 1.54) is 103 Å². The van der Waals surface area contributed by atoms with Crippen molar-refractivity contribution >= 4 is 0 Å². The van der Waals surface area contributed by atoms with E-state index in [4.69, 9.17) is 14.2 Å². The Morgan fingerprint density at radius 2 is 1.11 bits per heavy atom. The molecule has 4 unspecified atom stereocenters. The van der Waals surface area contributed by atoms with E-state index in [0.717, 1.165) is 13.2 Å². The molecule has 2 rings (SSSR count). The van der Waals surface area contributed by atoms with Crippen molar-refractivity contribution in [1.82, 2.24) is 0 Å². The molecule has 0 saturated carbocycles. The van der Waals surface area contributed by atoms with Crippen LogP contribution >= 0.6 is 0 Å². The van der Waals surface area contributed by atoms with Crippen molar-refractivity contribution in [2.75, 3.05) is 13.2 Å². The molecule has 0 aromatic heterocycles. The first-order chi connectivity index (χ1) is 13.3. The second kappa shape index (κ2) is 14.8. The Morgan fingerprint density at radius 3 is 1.44 bits per heavy atom. The molecular formula is C24H46O3. The molecule has 3 nitrogen and oxygen atoms in total. The van der Waals surface area contributed by atoms with Crippen molar-refractivity contribution in [3.63, 3.8) is 0 Å². The molecule has 0 aromatic carbocycles. The van der Waals surface area contributed by atoms with Crippen LogP contribution in [0.15, 0.2) is 0 Å². The zero-order chi connectivity index (χ0) is 19.2. The van der Waals surface area contributed by atoms with E-state index in [-0.39, 0.29) is 0 Å². The monoisotopic (exact) mass is 382 g/mol. The Labute approximate surface area is 168 Å². The fraction of sp³-hybridized carbons (Fsp3) is 1.00. The lowest BCUT2D eigenvalue weighted by Crippen LogP contribution is -2.26. The van der Waals surface area contributed by atoms with Gasteiger partial charge in [-0.3, -0.25) is 0 Å². The lowest BCUT2D eigenvalue weighted by atomic mass is 10.0. The molecule has 2 saturated heterocycles. The van der Waals surface area contributed by atoms with Gasteiger partial charge in [0.2, 0.25) is 0 Å². The highest BCUT2D eigenvalue weighted by molar-refractivity contribution is 4.69. The standard InChI is InChI=1S/C24H46O3/c1-3-11-23(15-9-5-7-13-21-17-19-25-21)27-24(12-4-2)16-10-6-8-14-22-18-20-26-22/h21-24H,3-20H2,1-2H3. The van der Waals surface area contributed by atoms with Gasteiger partial charge in [-0.05, 0) is 51.4 Å². The largest absolute Gasteiger partial charge is 0.378 e. The number of ether oxygens (including phenoxy) is 3. The van der Waals surface area contributed by atoms with E-state index in [1.807, 2.05) is 0 Å². The molecule has 2 fully saturated rings. The molecule has 2 heterocycles. The summed E-state index contributed by atoms with van der Waals surface area (Å²) in [7, 11) is 0. The van der Waals surface area contributed by atoms with Crippen LogP contribution in [0.2, 0.25) is 0 Å². The number of unbranched alkanes of at least 4 members (excludes halogenated alkanes) is 4. The van der Waals surface area contributed by atoms with Crippen LogP contribution < -0.4 is 0 Å². The fourth-order valence-corrected chi connectivity index (χ4v) is 4.34. The van der Waals surface area contributed by atoms with E-state index in [0.29, 0.717) is 24.4 Å². The zero-order valence-corrected chi connectivity index (χ0v) is 18.3. The Bertz CT molecular complexity index is 307. The molecule has 3 heteroatoms. The van der Waals surface area contributed by atoms with Crippen LogP contribution in [0.25, 0.3) is 0 Å². The maximum absolute atomic E-state index is 6.60. The number of hydrogen-bond donors (Lipinski definition) is 0. The minimum atomic E-state index is 0.481. The lowest BCUT2D eigenvalue weighted by molar-refractivity contribution is -0.0562. The number of hydrogen-bond acceptors (Lipinski definition) is 3. The van der Waals surface area contributed by atoms with E-state index < -0.39 is 0 Å². The summed E-state index contributed by atoms with van der Waals surface area (Å²) >= 11 is 0. The smallest absolute Gasteiger partial charge is 0.0597 e. The third-order valence-corrected chi connectivity index (χ3v) is 6.30. The SMILES string of the molecule is CCCC(CCCCCC1CCO1)OC(CCC)CCCCCC1CCO1. The van der Waals surface area contributed by atoms with Gasteiger partial charge in [-0.15, -0.1) is 0 Å². The zero-order valence-electron chi connectivity index (χ0n) is 18.3. The maximum Gasteiger partial charge on any atom is 0.0597 e. The average molecular weight is 383 g/mol. The minimum Gasteiger partial charge on any atom is -0.378 e. The summed E-state index contributed by atoms with van der Waals surface area (Å²) in [4.78, 5) is 0. The van der Waals surface area contributed by atoms with Crippen molar-refractivity contribution in [1.29, 1.82) is 0 Å². The second-order valence-electron chi connectivity index (χ2n) is 8.80. The van der Waals surface area contributed by atoms with Gasteiger partial charge in [-0.25, -0.2) is 0 Å². The van der Waals surface area contributed by atoms with Crippen molar-refractivity contribution in [2.24, 2.45) is 0 Å². The molecule has 0 bridgehead atoms. The average Bonchev–Trinajstić information content (AvgIpc) is 2.57. The van der Waals surface area contributed by atoms with Crippen molar-refractivity contribution in [3.8, 4) is 0 Å². The van der Waals surface area contributed by atoms with Gasteiger partial charge in [-0.2, -0.15) is 0 Å². The fourth-order valence-electron chi connectivity index (χ4n) is 4.34. The topological polar surface area (TPSA) is 27.7 Å². The van der Waals surface area contributed by atoms with Crippen LogP contribution in [0.4, 0.5) is 0 Å². The summed E-state index contributed by atoms with van der Waals surface area (Å²) in [5, 5.41) is 0. The van der Waals surface area contributed by atoms with Crippen LogP contribution in [-0.2, 0) is 14.2 Å².